The van der Waals surface area contributed by atoms with Crippen LogP contribution in [0, 0.1) is 17.5 Å². The van der Waals surface area contributed by atoms with Crippen molar-refractivity contribution < 1.29 is 30.2 Å². The van der Waals surface area contributed by atoms with Crippen LogP contribution in [0.3, 0.4) is 0 Å². The topological polar surface area (TPSA) is 73.6 Å². The van der Waals surface area contributed by atoms with Crippen LogP contribution in [0.25, 0.3) is 22.1 Å². The van der Waals surface area contributed by atoms with Gasteiger partial charge in [-0.15, -0.1) is 0 Å². The molecule has 152 valence electrons. The zero-order valence-corrected chi connectivity index (χ0v) is 15.8. The second-order valence-corrected chi connectivity index (χ2v) is 7.73. The van der Waals surface area contributed by atoms with Gasteiger partial charge >= 0.3 is 10.1 Å². The van der Waals surface area contributed by atoms with E-state index in [1.807, 2.05) is 0 Å². The average Bonchev–Trinajstić information content (AvgIpc) is 2.72. The Hall–Kier alpha value is -3.59. The lowest BCUT2D eigenvalue weighted by Gasteiger charge is -2.09. The Morgan fingerprint density at radius 3 is 2.33 bits per heavy atom. The van der Waals surface area contributed by atoms with E-state index in [0.717, 1.165) is 6.07 Å². The molecule has 4 aromatic rings. The van der Waals surface area contributed by atoms with Crippen LogP contribution in [0.4, 0.5) is 13.2 Å². The molecule has 0 saturated heterocycles. The molecule has 9 heteroatoms. The van der Waals surface area contributed by atoms with Crippen LogP contribution in [0.5, 0.6) is 5.75 Å². The lowest BCUT2D eigenvalue weighted by molar-refractivity contribution is 0.423. The van der Waals surface area contributed by atoms with Gasteiger partial charge in [0.2, 0.25) is 0 Å². The monoisotopic (exact) mass is 432 g/mol. The fourth-order valence-electron chi connectivity index (χ4n) is 2.85. The first-order valence-corrected chi connectivity index (χ1v) is 9.88. The van der Waals surface area contributed by atoms with Gasteiger partial charge in [-0.25, -0.2) is 13.2 Å². The third-order valence-electron chi connectivity index (χ3n) is 4.31. The summed E-state index contributed by atoms with van der Waals surface area (Å²) >= 11 is 0. The van der Waals surface area contributed by atoms with Crippen molar-refractivity contribution in [3.63, 3.8) is 0 Å². The third kappa shape index (κ3) is 3.43. The number of halogens is 3. The maximum atomic E-state index is 13.8. The molecule has 0 radical (unpaired) electrons. The lowest BCUT2D eigenvalue weighted by Crippen LogP contribution is -2.13. The van der Waals surface area contributed by atoms with Crippen LogP contribution in [-0.2, 0) is 10.1 Å². The summed E-state index contributed by atoms with van der Waals surface area (Å²) in [4.78, 5) is 11.6. The van der Waals surface area contributed by atoms with E-state index in [-0.39, 0.29) is 22.1 Å². The van der Waals surface area contributed by atoms with Gasteiger partial charge < -0.3 is 8.60 Å². The van der Waals surface area contributed by atoms with Crippen LogP contribution in [0.1, 0.15) is 0 Å². The van der Waals surface area contributed by atoms with Gasteiger partial charge in [0.05, 0.1) is 10.9 Å². The predicted molar refractivity (Wildman–Crippen MR) is 102 cm³/mol. The molecule has 0 saturated carbocycles. The molecule has 5 nitrogen and oxygen atoms in total. The fourth-order valence-corrected chi connectivity index (χ4v) is 3.84. The van der Waals surface area contributed by atoms with Gasteiger partial charge in [0.25, 0.3) is 0 Å². The smallest absolute Gasteiger partial charge is 0.342 e. The number of benzene rings is 3. The Balaban J connectivity index is 1.73. The van der Waals surface area contributed by atoms with E-state index < -0.39 is 32.5 Å². The van der Waals surface area contributed by atoms with Crippen LogP contribution in [0.15, 0.2) is 81.0 Å². The Labute approximate surface area is 168 Å². The minimum Gasteiger partial charge on any atom is -0.463 e. The Morgan fingerprint density at radius 2 is 1.60 bits per heavy atom. The first-order chi connectivity index (χ1) is 14.3. The lowest BCUT2D eigenvalue weighted by atomic mass is 10.1. The van der Waals surface area contributed by atoms with Crippen molar-refractivity contribution in [2.75, 3.05) is 0 Å². The number of hydrogen-bond donors (Lipinski definition) is 0. The van der Waals surface area contributed by atoms with E-state index in [1.54, 1.807) is 30.3 Å². The number of hydrogen-bond acceptors (Lipinski definition) is 5. The molecule has 30 heavy (non-hydrogen) atoms. The quantitative estimate of drug-likeness (QED) is 0.347. The summed E-state index contributed by atoms with van der Waals surface area (Å²) < 4.78 is 75.1. The molecule has 3 aromatic carbocycles. The summed E-state index contributed by atoms with van der Waals surface area (Å²) in [6, 6.07) is 13.4. The van der Waals surface area contributed by atoms with Gasteiger partial charge in [0.1, 0.15) is 22.5 Å². The molecule has 0 aliphatic carbocycles. The van der Waals surface area contributed by atoms with E-state index in [4.69, 9.17) is 8.60 Å². The van der Waals surface area contributed by atoms with Crippen LogP contribution in [0.2, 0.25) is 0 Å². The molecule has 0 fully saturated rings. The van der Waals surface area contributed by atoms with Crippen molar-refractivity contribution in [2.24, 2.45) is 0 Å². The number of rotatable bonds is 4. The summed E-state index contributed by atoms with van der Waals surface area (Å²) in [5.41, 5.74) is 0.639. The molecule has 0 atom stereocenters. The summed E-state index contributed by atoms with van der Waals surface area (Å²) in [6.07, 6.45) is 1.23. The van der Waals surface area contributed by atoms with E-state index in [9.17, 15) is 26.4 Å². The van der Waals surface area contributed by atoms with Crippen molar-refractivity contribution >= 4 is 21.1 Å². The normalized spacial score (nSPS) is 11.6. The summed E-state index contributed by atoms with van der Waals surface area (Å²) in [6.45, 7) is 0. The second-order valence-electron chi connectivity index (χ2n) is 6.21. The second kappa shape index (κ2) is 7.34. The van der Waals surface area contributed by atoms with Crippen molar-refractivity contribution in [3.8, 4) is 16.9 Å². The SMILES string of the molecule is O=c1c(-c2ccccc2)coc2cc(OS(=O)(=O)c3ccc(F)c(F)c3F)ccc12. The van der Waals surface area contributed by atoms with Gasteiger partial charge in [-0.1, -0.05) is 30.3 Å². The molecule has 0 bridgehead atoms. The van der Waals surface area contributed by atoms with E-state index in [1.165, 1.54) is 18.4 Å². The molecule has 0 aliphatic rings. The van der Waals surface area contributed by atoms with Crippen LogP contribution in [-0.4, -0.2) is 8.42 Å². The minimum atomic E-state index is -4.81. The highest BCUT2D eigenvalue weighted by atomic mass is 32.2. The van der Waals surface area contributed by atoms with Gasteiger partial charge in [-0.2, -0.15) is 8.42 Å². The highest BCUT2D eigenvalue weighted by Gasteiger charge is 2.26. The predicted octanol–water partition coefficient (Wildman–Crippen LogP) is 4.65. The molecule has 0 amide bonds. The molecular formula is C21H11F3O5S. The summed E-state index contributed by atoms with van der Waals surface area (Å²) in [5, 5.41) is 0.167. The molecule has 0 unspecified atom stereocenters. The highest BCUT2D eigenvalue weighted by Crippen LogP contribution is 2.27. The first-order valence-electron chi connectivity index (χ1n) is 8.47. The van der Waals surface area contributed by atoms with E-state index >= 15 is 0 Å². The van der Waals surface area contributed by atoms with Crippen LogP contribution < -0.4 is 9.61 Å². The molecule has 0 aliphatic heterocycles. The number of fused-ring (bicyclic) bond motifs is 1. The maximum absolute atomic E-state index is 13.8. The molecule has 1 aromatic heterocycles. The molecule has 4 rings (SSSR count). The maximum Gasteiger partial charge on any atom is 0.342 e. The van der Waals surface area contributed by atoms with Gasteiger partial charge in [-0.3, -0.25) is 4.79 Å². The minimum absolute atomic E-state index is 0.0261. The summed E-state index contributed by atoms with van der Waals surface area (Å²) in [7, 11) is -4.81. The zero-order chi connectivity index (χ0) is 21.5. The third-order valence-corrected chi connectivity index (χ3v) is 5.57. The van der Waals surface area contributed by atoms with Crippen molar-refractivity contribution in [1.29, 1.82) is 0 Å². The largest absolute Gasteiger partial charge is 0.463 e. The Bertz CT molecular complexity index is 1430. The van der Waals surface area contributed by atoms with Crippen molar-refractivity contribution in [1.82, 2.24) is 0 Å². The van der Waals surface area contributed by atoms with Crippen LogP contribution >= 0.6 is 0 Å². The summed E-state index contributed by atoms with van der Waals surface area (Å²) in [5.74, 6) is -5.66. The average molecular weight is 432 g/mol. The molecule has 0 spiro atoms. The van der Waals surface area contributed by atoms with Gasteiger partial charge in [0.15, 0.2) is 22.9 Å². The van der Waals surface area contributed by atoms with E-state index in [0.29, 0.717) is 23.3 Å². The van der Waals surface area contributed by atoms with Crippen molar-refractivity contribution in [3.05, 3.63) is 94.6 Å². The van der Waals surface area contributed by atoms with Crippen molar-refractivity contribution in [2.45, 2.75) is 4.90 Å². The highest BCUT2D eigenvalue weighted by molar-refractivity contribution is 7.87. The fraction of sp³-hybridized carbons (Fsp3) is 0. The van der Waals surface area contributed by atoms with E-state index in [2.05, 4.69) is 0 Å². The molecule has 1 heterocycles. The Kier molecular flexibility index (Phi) is 4.83. The Morgan fingerprint density at radius 1 is 0.867 bits per heavy atom. The molecule has 0 N–H and O–H groups in total. The molecular weight excluding hydrogens is 421 g/mol. The first kappa shape index (κ1) is 19.7. The standard InChI is InChI=1S/C21H11F3O5S/c22-16-8-9-18(20(24)19(16)23)30(26,27)29-13-6-7-14-17(10-13)28-11-15(21(14)25)12-4-2-1-3-5-12/h1-11H. The van der Waals surface area contributed by atoms with Gasteiger partial charge in [-0.05, 0) is 29.8 Å². The zero-order valence-electron chi connectivity index (χ0n) is 14.9. The van der Waals surface area contributed by atoms with Gasteiger partial charge in [0, 0.05) is 6.07 Å².